The van der Waals surface area contributed by atoms with Crippen LogP contribution in [0.3, 0.4) is 0 Å². The monoisotopic (exact) mass is 610 g/mol. The molecule has 5 rings (SSSR count). The summed E-state index contributed by atoms with van der Waals surface area (Å²) in [5.41, 5.74) is -3.61. The number of epoxide rings is 1. The van der Waals surface area contributed by atoms with Gasteiger partial charge in [0.1, 0.15) is 18.3 Å². The van der Waals surface area contributed by atoms with E-state index in [1.54, 1.807) is 6.92 Å². The Labute approximate surface area is 252 Å². The van der Waals surface area contributed by atoms with Crippen molar-refractivity contribution >= 4 is 23.9 Å². The Hall–Kier alpha value is -2.28. The summed E-state index contributed by atoms with van der Waals surface area (Å²) in [5.74, 6) is -3.67. The highest BCUT2D eigenvalue weighted by Crippen LogP contribution is 2.71. The van der Waals surface area contributed by atoms with Crippen LogP contribution in [0.15, 0.2) is 0 Å². The molecule has 12 heteroatoms. The number of esters is 4. The maximum Gasteiger partial charge on any atom is 0.309 e. The molecule has 1 spiro atoms. The second kappa shape index (κ2) is 11.6. The summed E-state index contributed by atoms with van der Waals surface area (Å²) in [4.78, 5) is 50.8. The quantitative estimate of drug-likeness (QED) is 0.243. The molecule has 43 heavy (non-hydrogen) atoms. The molecule has 0 aromatic heterocycles. The van der Waals surface area contributed by atoms with Crippen LogP contribution in [0, 0.1) is 34.5 Å². The van der Waals surface area contributed by atoms with Gasteiger partial charge >= 0.3 is 23.9 Å². The van der Waals surface area contributed by atoms with Crippen molar-refractivity contribution in [3.8, 4) is 0 Å². The van der Waals surface area contributed by atoms with Gasteiger partial charge < -0.3 is 38.3 Å². The van der Waals surface area contributed by atoms with Gasteiger partial charge in [0, 0.05) is 38.0 Å². The molecule has 2 unspecified atom stereocenters. The SMILES string of the molecule is CCC(C)C(=O)O[C@H]1[C@H](OC(C)=O)[C@@H](O)[C@@H]2[C@@](C)([C@@H]3C[C@H]4CCO[C@H]4O3)[C@H](C)C[C@H](OC(C)=O)[C@@]2(COC(C)=O)C12CO2. The summed E-state index contributed by atoms with van der Waals surface area (Å²) in [6.45, 7) is 11.8. The van der Waals surface area contributed by atoms with Crippen LogP contribution in [0.4, 0.5) is 0 Å². The highest BCUT2D eigenvalue weighted by atomic mass is 16.7. The number of aliphatic hydroxyl groups excluding tert-OH is 1. The standard InChI is InChI=1S/C31H46O12/c1-8-15(2)27(36)43-26-24(41-19(6)34)23(35)25-29(7,21-12-20-9-10-37-28(20)42-21)16(3)11-22(40-18(5)33)30(25,13-38-17(4)32)31(26)14-39-31/h15-16,20-26,28,35H,8-14H2,1-7H3/t15?,16-,20-,21+,22+,23-,24-,25-,26+,28+,29-,30-,31?/m1/s1. The zero-order valence-corrected chi connectivity index (χ0v) is 26.2. The number of ether oxygens (including phenoxy) is 7. The number of rotatable bonds is 8. The molecule has 0 aromatic rings. The summed E-state index contributed by atoms with van der Waals surface area (Å²) < 4.78 is 42.3. The molecule has 1 N–H and O–H groups in total. The van der Waals surface area contributed by atoms with Gasteiger partial charge in [0.05, 0.1) is 36.8 Å². The van der Waals surface area contributed by atoms with Crippen molar-refractivity contribution < 1.29 is 57.4 Å². The van der Waals surface area contributed by atoms with Gasteiger partial charge in [-0.1, -0.05) is 27.7 Å². The average Bonchev–Trinajstić information content (AvgIpc) is 3.43. The molecule has 0 radical (unpaired) electrons. The van der Waals surface area contributed by atoms with Gasteiger partial charge in [0.2, 0.25) is 0 Å². The number of hydrogen-bond donors (Lipinski definition) is 1. The van der Waals surface area contributed by atoms with Gasteiger partial charge in [0.15, 0.2) is 18.5 Å². The number of aliphatic hydroxyl groups is 1. The lowest BCUT2D eigenvalue weighted by atomic mass is 9.40. The van der Waals surface area contributed by atoms with Gasteiger partial charge in [0.25, 0.3) is 0 Å². The first-order valence-electron chi connectivity index (χ1n) is 15.5. The second-order valence-electron chi connectivity index (χ2n) is 13.5. The fourth-order valence-corrected chi connectivity index (χ4v) is 8.64. The van der Waals surface area contributed by atoms with E-state index in [0.717, 1.165) is 6.42 Å². The minimum absolute atomic E-state index is 0.0375. The van der Waals surface area contributed by atoms with E-state index in [0.29, 0.717) is 25.9 Å². The van der Waals surface area contributed by atoms with E-state index in [-0.39, 0.29) is 37.4 Å². The van der Waals surface area contributed by atoms with Crippen LogP contribution in [0.2, 0.25) is 0 Å². The first kappa shape index (κ1) is 32.1. The van der Waals surface area contributed by atoms with Gasteiger partial charge in [-0.3, -0.25) is 19.2 Å². The van der Waals surface area contributed by atoms with Gasteiger partial charge in [-0.05, 0) is 31.6 Å². The molecule has 0 amide bonds. The largest absolute Gasteiger partial charge is 0.465 e. The third kappa shape index (κ3) is 5.06. The molecular weight excluding hydrogens is 564 g/mol. The highest BCUT2D eigenvalue weighted by Gasteiger charge is 2.84. The molecule has 5 fully saturated rings. The molecule has 0 aromatic carbocycles. The van der Waals surface area contributed by atoms with E-state index in [9.17, 15) is 24.3 Å². The summed E-state index contributed by atoms with van der Waals surface area (Å²) in [7, 11) is 0. The third-order valence-corrected chi connectivity index (χ3v) is 11.2. The van der Waals surface area contributed by atoms with Crippen LogP contribution < -0.4 is 0 Å². The lowest BCUT2D eigenvalue weighted by Gasteiger charge is -2.66. The van der Waals surface area contributed by atoms with E-state index in [2.05, 4.69) is 0 Å². The molecule has 5 aliphatic rings. The zero-order chi connectivity index (χ0) is 31.5. The normalized spacial score (nSPS) is 45.4. The van der Waals surface area contributed by atoms with E-state index in [4.69, 9.17) is 33.2 Å². The van der Waals surface area contributed by atoms with Crippen molar-refractivity contribution in [1.82, 2.24) is 0 Å². The van der Waals surface area contributed by atoms with Gasteiger partial charge in [-0.2, -0.15) is 0 Å². The molecule has 2 aliphatic carbocycles. The topological polar surface area (TPSA) is 156 Å². The molecule has 3 heterocycles. The van der Waals surface area contributed by atoms with Crippen molar-refractivity contribution in [3.63, 3.8) is 0 Å². The Balaban J connectivity index is 1.71. The lowest BCUT2D eigenvalue weighted by molar-refractivity contribution is -0.314. The Morgan fingerprint density at radius 2 is 1.70 bits per heavy atom. The average molecular weight is 611 g/mol. The van der Waals surface area contributed by atoms with Crippen LogP contribution in [-0.2, 0) is 52.3 Å². The van der Waals surface area contributed by atoms with Crippen molar-refractivity contribution in [1.29, 1.82) is 0 Å². The summed E-state index contributed by atoms with van der Waals surface area (Å²) >= 11 is 0. The number of carbonyl (C=O) groups excluding carboxylic acids is 4. The predicted octanol–water partition coefficient (Wildman–Crippen LogP) is 2.31. The van der Waals surface area contributed by atoms with Gasteiger partial charge in [-0.15, -0.1) is 0 Å². The summed E-state index contributed by atoms with van der Waals surface area (Å²) in [6, 6.07) is 0. The van der Waals surface area contributed by atoms with Crippen LogP contribution in [0.25, 0.3) is 0 Å². The fourth-order valence-electron chi connectivity index (χ4n) is 8.64. The van der Waals surface area contributed by atoms with Crippen molar-refractivity contribution in [2.75, 3.05) is 19.8 Å². The van der Waals surface area contributed by atoms with Crippen LogP contribution in [0.1, 0.15) is 74.1 Å². The fraction of sp³-hybridized carbons (Fsp3) is 0.871. The predicted molar refractivity (Wildman–Crippen MR) is 147 cm³/mol. The van der Waals surface area contributed by atoms with E-state index in [1.807, 2.05) is 20.8 Å². The zero-order valence-electron chi connectivity index (χ0n) is 26.2. The molecule has 3 aliphatic heterocycles. The van der Waals surface area contributed by atoms with Gasteiger partial charge in [-0.25, -0.2) is 0 Å². The first-order valence-corrected chi connectivity index (χ1v) is 15.5. The van der Waals surface area contributed by atoms with E-state index < -0.39 is 76.6 Å². The Kier molecular flexibility index (Phi) is 8.65. The maximum atomic E-state index is 13.3. The third-order valence-electron chi connectivity index (χ3n) is 11.2. The molecular formula is C31H46O12. The summed E-state index contributed by atoms with van der Waals surface area (Å²) in [5, 5.41) is 12.5. The lowest BCUT2D eigenvalue weighted by Crippen LogP contribution is -2.79. The smallest absolute Gasteiger partial charge is 0.309 e. The van der Waals surface area contributed by atoms with Crippen molar-refractivity contribution in [2.45, 2.75) is 117 Å². The minimum atomic E-state index is -1.43. The molecule has 0 bridgehead atoms. The second-order valence-corrected chi connectivity index (χ2v) is 13.5. The van der Waals surface area contributed by atoms with E-state index in [1.165, 1.54) is 20.8 Å². The molecule has 12 nitrogen and oxygen atoms in total. The number of fused-ring (bicyclic) bond motifs is 3. The van der Waals surface area contributed by atoms with Crippen LogP contribution in [0.5, 0.6) is 0 Å². The van der Waals surface area contributed by atoms with E-state index >= 15 is 0 Å². The Morgan fingerprint density at radius 3 is 2.26 bits per heavy atom. The highest BCUT2D eigenvalue weighted by molar-refractivity contribution is 5.73. The Morgan fingerprint density at radius 1 is 1.02 bits per heavy atom. The first-order chi connectivity index (χ1) is 20.2. The summed E-state index contributed by atoms with van der Waals surface area (Å²) in [6.07, 6.45) is -3.29. The molecule has 2 saturated carbocycles. The van der Waals surface area contributed by atoms with Crippen molar-refractivity contribution in [3.05, 3.63) is 0 Å². The van der Waals surface area contributed by atoms with Crippen LogP contribution >= 0.6 is 0 Å². The molecule has 13 atom stereocenters. The molecule has 242 valence electrons. The van der Waals surface area contributed by atoms with Crippen LogP contribution in [-0.4, -0.2) is 91.2 Å². The minimum Gasteiger partial charge on any atom is -0.465 e. The maximum absolute atomic E-state index is 13.3. The number of hydrogen-bond acceptors (Lipinski definition) is 12. The number of carbonyl (C=O) groups is 4. The van der Waals surface area contributed by atoms with Crippen molar-refractivity contribution in [2.24, 2.45) is 34.5 Å². The molecule has 3 saturated heterocycles. The Bertz CT molecular complexity index is 1110.